The second-order valence-corrected chi connectivity index (χ2v) is 8.11. The van der Waals surface area contributed by atoms with Crippen molar-refractivity contribution in [3.63, 3.8) is 0 Å². The van der Waals surface area contributed by atoms with Gasteiger partial charge in [0.1, 0.15) is 29.1 Å². The Balaban J connectivity index is 1.67. The van der Waals surface area contributed by atoms with E-state index in [1.54, 1.807) is 55.5 Å². The molecule has 1 amide bonds. The Kier molecular flexibility index (Phi) is 5.42. The molecule has 0 aliphatic carbocycles. The van der Waals surface area contributed by atoms with E-state index in [4.69, 9.17) is 9.15 Å². The van der Waals surface area contributed by atoms with Crippen LogP contribution >= 0.6 is 0 Å². The second kappa shape index (κ2) is 8.56. The number of fused-ring (bicyclic) bond motifs is 1. The molecular formula is C28H23NO5. The van der Waals surface area contributed by atoms with Gasteiger partial charge in [0.15, 0.2) is 0 Å². The van der Waals surface area contributed by atoms with E-state index in [0.717, 1.165) is 10.8 Å². The third-order valence-electron chi connectivity index (χ3n) is 5.92. The number of aryl methyl sites for hydroxylation is 1. The first-order valence-corrected chi connectivity index (χ1v) is 11.1. The molecule has 0 radical (unpaired) electrons. The number of carbonyl (C=O) groups excluding carboxylic acids is 2. The number of hydrogen-bond acceptors (Lipinski definition) is 5. The summed E-state index contributed by atoms with van der Waals surface area (Å²) in [6, 6.07) is 22.7. The van der Waals surface area contributed by atoms with Crippen LogP contribution in [0.25, 0.3) is 16.5 Å². The maximum absolute atomic E-state index is 13.3. The van der Waals surface area contributed by atoms with Crippen LogP contribution in [0.15, 0.2) is 88.9 Å². The first kappa shape index (κ1) is 21.5. The van der Waals surface area contributed by atoms with Crippen molar-refractivity contribution in [3.05, 3.63) is 102 Å². The lowest BCUT2D eigenvalue weighted by Crippen LogP contribution is -2.29. The molecule has 1 N–H and O–H groups in total. The second-order valence-electron chi connectivity index (χ2n) is 8.11. The highest BCUT2D eigenvalue weighted by Gasteiger charge is 2.48. The number of furan rings is 1. The van der Waals surface area contributed by atoms with Crippen LogP contribution in [0.5, 0.6) is 5.75 Å². The van der Waals surface area contributed by atoms with Gasteiger partial charge >= 0.3 is 0 Å². The van der Waals surface area contributed by atoms with Gasteiger partial charge in [-0.15, -0.1) is 0 Å². The van der Waals surface area contributed by atoms with E-state index >= 15 is 0 Å². The van der Waals surface area contributed by atoms with Crippen LogP contribution in [-0.2, 0) is 9.59 Å². The normalized spacial score (nSPS) is 17.5. The number of ether oxygens (including phenoxy) is 1. The van der Waals surface area contributed by atoms with Crippen LogP contribution < -0.4 is 9.64 Å². The number of carbonyl (C=O) groups is 2. The van der Waals surface area contributed by atoms with E-state index in [2.05, 4.69) is 0 Å². The molecule has 4 aromatic rings. The number of aliphatic hydroxyl groups is 1. The Morgan fingerprint density at radius 3 is 2.38 bits per heavy atom. The van der Waals surface area contributed by atoms with Gasteiger partial charge in [-0.1, -0.05) is 36.4 Å². The van der Waals surface area contributed by atoms with Gasteiger partial charge < -0.3 is 14.3 Å². The zero-order valence-electron chi connectivity index (χ0n) is 18.8. The van der Waals surface area contributed by atoms with E-state index in [1.165, 1.54) is 4.90 Å². The average molecular weight is 453 g/mol. The summed E-state index contributed by atoms with van der Waals surface area (Å²) < 4.78 is 11.3. The van der Waals surface area contributed by atoms with Gasteiger partial charge in [0.25, 0.3) is 11.7 Å². The van der Waals surface area contributed by atoms with Gasteiger partial charge in [-0.25, -0.2) is 0 Å². The summed E-state index contributed by atoms with van der Waals surface area (Å²) in [5.74, 6) is -0.0453. The van der Waals surface area contributed by atoms with Crippen molar-refractivity contribution in [2.24, 2.45) is 0 Å². The molecule has 1 aromatic heterocycles. The molecule has 6 nitrogen and oxygen atoms in total. The quantitative estimate of drug-likeness (QED) is 0.236. The van der Waals surface area contributed by atoms with Crippen molar-refractivity contribution in [2.75, 3.05) is 11.5 Å². The molecule has 0 spiro atoms. The van der Waals surface area contributed by atoms with Crippen molar-refractivity contribution in [3.8, 4) is 5.75 Å². The van der Waals surface area contributed by atoms with E-state index in [-0.39, 0.29) is 11.3 Å². The lowest BCUT2D eigenvalue weighted by molar-refractivity contribution is -0.132. The first-order chi connectivity index (χ1) is 16.5. The molecule has 6 heteroatoms. The molecule has 1 unspecified atom stereocenters. The maximum atomic E-state index is 13.3. The fourth-order valence-corrected chi connectivity index (χ4v) is 4.33. The number of Topliss-reactive ketones (excluding diaryl/α,β-unsaturated/α-hetero) is 1. The minimum Gasteiger partial charge on any atom is -0.507 e. The van der Waals surface area contributed by atoms with Gasteiger partial charge in [-0.2, -0.15) is 0 Å². The van der Waals surface area contributed by atoms with Crippen molar-refractivity contribution in [1.29, 1.82) is 0 Å². The summed E-state index contributed by atoms with van der Waals surface area (Å²) >= 11 is 0. The third kappa shape index (κ3) is 3.63. The molecule has 3 aromatic carbocycles. The molecule has 1 aliphatic rings. The van der Waals surface area contributed by atoms with E-state index in [9.17, 15) is 14.7 Å². The lowest BCUT2D eigenvalue weighted by atomic mass is 9.97. The van der Waals surface area contributed by atoms with Crippen LogP contribution in [0, 0.1) is 6.92 Å². The van der Waals surface area contributed by atoms with Gasteiger partial charge in [0.05, 0.1) is 12.2 Å². The number of anilines is 1. The first-order valence-electron chi connectivity index (χ1n) is 11.1. The number of rotatable bonds is 5. The topological polar surface area (TPSA) is 80.0 Å². The molecule has 0 saturated carbocycles. The van der Waals surface area contributed by atoms with Crippen molar-refractivity contribution < 1.29 is 23.8 Å². The number of aliphatic hydroxyl groups excluding tert-OH is 1. The lowest BCUT2D eigenvalue weighted by Gasteiger charge is -2.23. The third-order valence-corrected chi connectivity index (χ3v) is 5.92. The Hall–Kier alpha value is -4.32. The largest absolute Gasteiger partial charge is 0.507 e. The van der Waals surface area contributed by atoms with Crippen molar-refractivity contribution >= 4 is 33.9 Å². The summed E-state index contributed by atoms with van der Waals surface area (Å²) in [5, 5.41) is 13.2. The number of hydrogen-bond donors (Lipinski definition) is 1. The monoisotopic (exact) mass is 453 g/mol. The number of amides is 1. The molecule has 2 heterocycles. The maximum Gasteiger partial charge on any atom is 0.300 e. The van der Waals surface area contributed by atoms with Gasteiger partial charge in [0.2, 0.25) is 0 Å². The molecule has 1 saturated heterocycles. The summed E-state index contributed by atoms with van der Waals surface area (Å²) in [6.45, 7) is 4.19. The molecule has 5 rings (SSSR count). The summed E-state index contributed by atoms with van der Waals surface area (Å²) in [6.07, 6.45) is 0. The molecule has 34 heavy (non-hydrogen) atoms. The van der Waals surface area contributed by atoms with E-state index in [0.29, 0.717) is 35.1 Å². The zero-order valence-corrected chi connectivity index (χ0v) is 18.8. The highest BCUT2D eigenvalue weighted by Crippen LogP contribution is 2.43. The zero-order chi connectivity index (χ0) is 23.8. The number of nitrogens with zero attached hydrogens (tertiary/aromatic N) is 1. The van der Waals surface area contributed by atoms with Gasteiger partial charge in [-0.3, -0.25) is 14.5 Å². The number of ketones is 1. The molecule has 1 aliphatic heterocycles. The predicted octanol–water partition coefficient (Wildman–Crippen LogP) is 5.77. The summed E-state index contributed by atoms with van der Waals surface area (Å²) in [7, 11) is 0. The Bertz CT molecular complexity index is 1430. The molecule has 0 bridgehead atoms. The van der Waals surface area contributed by atoms with Crippen molar-refractivity contribution in [2.45, 2.75) is 19.9 Å². The highest BCUT2D eigenvalue weighted by molar-refractivity contribution is 6.51. The Morgan fingerprint density at radius 1 is 0.971 bits per heavy atom. The fraction of sp³-hybridized carbons (Fsp3) is 0.143. The minimum absolute atomic E-state index is 0.0106. The van der Waals surface area contributed by atoms with Crippen LogP contribution in [0.3, 0.4) is 0 Å². The van der Waals surface area contributed by atoms with E-state index < -0.39 is 17.7 Å². The van der Waals surface area contributed by atoms with Crippen LogP contribution in [0.2, 0.25) is 0 Å². The van der Waals surface area contributed by atoms with Crippen molar-refractivity contribution in [1.82, 2.24) is 0 Å². The SMILES string of the molecule is CCOc1ccc(N2C(=O)C(=O)/C(=C(\O)c3ccc4ccccc4c3)C2c2ccc(C)o2)cc1. The van der Waals surface area contributed by atoms with Crippen LogP contribution in [-0.4, -0.2) is 23.4 Å². The molecule has 1 fully saturated rings. The fourth-order valence-electron chi connectivity index (χ4n) is 4.33. The van der Waals surface area contributed by atoms with E-state index in [1.807, 2.05) is 37.3 Å². The Labute approximate surface area is 196 Å². The standard InChI is InChI=1S/C28H23NO5/c1-3-33-22-13-11-21(12-14-22)29-25(23-15-8-17(2)34-23)24(27(31)28(29)32)26(30)20-10-9-18-6-4-5-7-19(18)16-20/h4-16,25,30H,3H2,1-2H3/b26-24-. The summed E-state index contributed by atoms with van der Waals surface area (Å²) in [4.78, 5) is 27.8. The average Bonchev–Trinajstić information content (AvgIpc) is 3.39. The van der Waals surface area contributed by atoms with Gasteiger partial charge in [-0.05, 0) is 67.1 Å². The minimum atomic E-state index is -0.905. The summed E-state index contributed by atoms with van der Waals surface area (Å²) in [5.41, 5.74) is 0.947. The predicted molar refractivity (Wildman–Crippen MR) is 130 cm³/mol. The Morgan fingerprint density at radius 2 is 1.71 bits per heavy atom. The van der Waals surface area contributed by atoms with Gasteiger partial charge in [0, 0.05) is 11.3 Å². The van der Waals surface area contributed by atoms with Crippen LogP contribution in [0.1, 0.15) is 30.0 Å². The molecule has 170 valence electrons. The highest BCUT2D eigenvalue weighted by atomic mass is 16.5. The molecule has 1 atom stereocenters. The van der Waals surface area contributed by atoms with Crippen LogP contribution in [0.4, 0.5) is 5.69 Å². The molecular weight excluding hydrogens is 430 g/mol. The smallest absolute Gasteiger partial charge is 0.300 e. The number of benzene rings is 3.